The second-order valence-corrected chi connectivity index (χ2v) is 5.25. The van der Waals surface area contributed by atoms with Gasteiger partial charge in [0.1, 0.15) is 23.0 Å². The zero-order valence-corrected chi connectivity index (χ0v) is 11.3. The van der Waals surface area contributed by atoms with E-state index in [0.717, 1.165) is 34.0 Å². The second-order valence-electron chi connectivity index (χ2n) is 3.20. The second kappa shape index (κ2) is 5.92. The molecule has 0 spiro atoms. The summed E-state index contributed by atoms with van der Waals surface area (Å²) in [5.74, 6) is 1.71. The Morgan fingerprint density at radius 2 is 2.24 bits per heavy atom. The van der Waals surface area contributed by atoms with Gasteiger partial charge in [0.05, 0.1) is 0 Å². The lowest BCUT2D eigenvalue weighted by Crippen LogP contribution is -2.03. The topological polar surface area (TPSA) is 63.6 Å². The summed E-state index contributed by atoms with van der Waals surface area (Å²) in [4.78, 5) is 13.0. The quantitative estimate of drug-likeness (QED) is 0.840. The molecule has 2 aromatic heterocycles. The van der Waals surface area contributed by atoms with Crippen LogP contribution in [0.4, 0.5) is 5.82 Å². The molecule has 2 aromatic rings. The molecule has 0 aliphatic rings. The van der Waals surface area contributed by atoms with Crippen LogP contribution in [0.2, 0.25) is 0 Å². The third-order valence-electron chi connectivity index (χ3n) is 1.96. The SMILES string of the molecule is CCNc1cc(Sc2ncns2)nc(CC)n1. The molecule has 17 heavy (non-hydrogen) atoms. The minimum absolute atomic E-state index is 0.822. The highest BCUT2D eigenvalue weighted by Gasteiger charge is 2.06. The summed E-state index contributed by atoms with van der Waals surface area (Å²) in [6, 6.07) is 1.94. The zero-order chi connectivity index (χ0) is 12.1. The van der Waals surface area contributed by atoms with Gasteiger partial charge in [-0.05, 0) is 30.2 Å². The Morgan fingerprint density at radius 3 is 2.88 bits per heavy atom. The van der Waals surface area contributed by atoms with Gasteiger partial charge in [0.25, 0.3) is 0 Å². The lowest BCUT2D eigenvalue weighted by Gasteiger charge is -2.06. The number of aromatic nitrogens is 4. The van der Waals surface area contributed by atoms with Gasteiger partial charge in [-0.15, -0.1) is 0 Å². The summed E-state index contributed by atoms with van der Waals surface area (Å²) >= 11 is 2.89. The number of nitrogens with zero attached hydrogens (tertiary/aromatic N) is 4. The number of aryl methyl sites for hydroxylation is 1. The highest BCUT2D eigenvalue weighted by molar-refractivity contribution is 8.00. The highest BCUT2D eigenvalue weighted by Crippen LogP contribution is 2.27. The lowest BCUT2D eigenvalue weighted by molar-refractivity contribution is 0.887. The molecule has 0 fully saturated rings. The molecule has 0 saturated heterocycles. The fraction of sp³-hybridized carbons (Fsp3) is 0.400. The van der Waals surface area contributed by atoms with Crippen molar-refractivity contribution in [2.75, 3.05) is 11.9 Å². The van der Waals surface area contributed by atoms with Crippen LogP contribution in [0, 0.1) is 0 Å². The summed E-state index contributed by atoms with van der Waals surface area (Å²) in [5, 5.41) is 4.11. The van der Waals surface area contributed by atoms with Gasteiger partial charge < -0.3 is 5.32 Å². The van der Waals surface area contributed by atoms with E-state index in [2.05, 4.69) is 24.6 Å². The lowest BCUT2D eigenvalue weighted by atomic mass is 10.4. The predicted octanol–water partition coefficient (Wildman–Crippen LogP) is 2.47. The van der Waals surface area contributed by atoms with E-state index in [1.165, 1.54) is 23.3 Å². The van der Waals surface area contributed by atoms with Gasteiger partial charge in [0, 0.05) is 19.0 Å². The number of hydrogen-bond acceptors (Lipinski definition) is 7. The van der Waals surface area contributed by atoms with Crippen LogP contribution in [0.1, 0.15) is 19.7 Å². The summed E-state index contributed by atoms with van der Waals surface area (Å²) in [6.45, 7) is 4.94. The van der Waals surface area contributed by atoms with Gasteiger partial charge in [-0.25, -0.2) is 15.0 Å². The van der Waals surface area contributed by atoms with Crippen molar-refractivity contribution < 1.29 is 0 Å². The molecule has 1 N–H and O–H groups in total. The van der Waals surface area contributed by atoms with E-state index in [0.29, 0.717) is 0 Å². The van der Waals surface area contributed by atoms with Gasteiger partial charge in [0.15, 0.2) is 4.34 Å². The fourth-order valence-electron chi connectivity index (χ4n) is 1.25. The molecule has 0 aliphatic heterocycles. The van der Waals surface area contributed by atoms with Crippen molar-refractivity contribution in [2.24, 2.45) is 0 Å². The molecule has 90 valence electrons. The molecule has 0 atom stereocenters. The fourth-order valence-corrected chi connectivity index (χ4v) is 2.67. The van der Waals surface area contributed by atoms with Crippen LogP contribution >= 0.6 is 23.3 Å². The average Bonchev–Trinajstić information content (AvgIpc) is 2.82. The Labute approximate surface area is 108 Å². The van der Waals surface area contributed by atoms with E-state index >= 15 is 0 Å². The third kappa shape index (κ3) is 3.37. The minimum atomic E-state index is 0.822. The van der Waals surface area contributed by atoms with E-state index in [-0.39, 0.29) is 0 Å². The Kier molecular flexibility index (Phi) is 4.27. The Morgan fingerprint density at radius 1 is 1.35 bits per heavy atom. The van der Waals surface area contributed by atoms with Crippen LogP contribution in [0.25, 0.3) is 0 Å². The number of hydrogen-bond donors (Lipinski definition) is 1. The zero-order valence-electron chi connectivity index (χ0n) is 9.67. The first-order valence-electron chi connectivity index (χ1n) is 5.38. The molecule has 0 saturated carbocycles. The molecule has 2 rings (SSSR count). The van der Waals surface area contributed by atoms with Crippen LogP contribution in [-0.4, -0.2) is 25.9 Å². The van der Waals surface area contributed by atoms with Crippen LogP contribution in [0.5, 0.6) is 0 Å². The van der Waals surface area contributed by atoms with Crippen LogP contribution in [-0.2, 0) is 6.42 Å². The van der Waals surface area contributed by atoms with Crippen molar-refractivity contribution in [1.82, 2.24) is 19.3 Å². The van der Waals surface area contributed by atoms with Gasteiger partial charge in [0.2, 0.25) is 0 Å². The first-order chi connectivity index (χ1) is 8.31. The van der Waals surface area contributed by atoms with Crippen LogP contribution in [0.3, 0.4) is 0 Å². The highest BCUT2D eigenvalue weighted by atomic mass is 32.2. The molecule has 0 radical (unpaired) electrons. The van der Waals surface area contributed by atoms with E-state index in [9.17, 15) is 0 Å². The molecule has 2 heterocycles. The van der Waals surface area contributed by atoms with Crippen molar-refractivity contribution in [3.63, 3.8) is 0 Å². The summed E-state index contributed by atoms with van der Waals surface area (Å²) in [7, 11) is 0. The average molecular weight is 267 g/mol. The summed E-state index contributed by atoms with van der Waals surface area (Å²) in [6.07, 6.45) is 2.38. The molecule has 0 bridgehead atoms. The van der Waals surface area contributed by atoms with Crippen LogP contribution < -0.4 is 5.32 Å². The molecule has 0 aromatic carbocycles. The van der Waals surface area contributed by atoms with Crippen molar-refractivity contribution >= 4 is 29.1 Å². The molecule has 7 heteroatoms. The van der Waals surface area contributed by atoms with E-state index < -0.39 is 0 Å². The standard InChI is InChI=1S/C10H13N5S2/c1-3-7-14-8(11-4-2)5-9(15-7)16-10-12-6-13-17-10/h5-6H,3-4H2,1-2H3,(H,11,14,15). The smallest absolute Gasteiger partial charge is 0.175 e. The van der Waals surface area contributed by atoms with Crippen molar-refractivity contribution in [2.45, 2.75) is 29.6 Å². The monoisotopic (exact) mass is 267 g/mol. The summed E-state index contributed by atoms with van der Waals surface area (Å²) < 4.78 is 4.87. The Hall–Kier alpha value is -1.21. The molecule has 0 unspecified atom stereocenters. The maximum atomic E-state index is 4.46. The Balaban J connectivity index is 2.23. The minimum Gasteiger partial charge on any atom is -0.370 e. The summed E-state index contributed by atoms with van der Waals surface area (Å²) in [5.41, 5.74) is 0. The molecule has 0 amide bonds. The van der Waals surface area contributed by atoms with Gasteiger partial charge in [-0.1, -0.05) is 6.92 Å². The largest absolute Gasteiger partial charge is 0.370 e. The van der Waals surface area contributed by atoms with Crippen molar-refractivity contribution in [1.29, 1.82) is 0 Å². The Bertz CT molecular complexity index is 472. The van der Waals surface area contributed by atoms with E-state index in [1.807, 2.05) is 19.9 Å². The first kappa shape index (κ1) is 12.3. The normalized spacial score (nSPS) is 10.5. The van der Waals surface area contributed by atoms with E-state index in [1.54, 1.807) is 6.33 Å². The van der Waals surface area contributed by atoms with Crippen molar-refractivity contribution in [3.8, 4) is 0 Å². The number of anilines is 1. The molecule has 0 aliphatic carbocycles. The van der Waals surface area contributed by atoms with Gasteiger partial charge in [-0.2, -0.15) is 4.37 Å². The number of rotatable bonds is 5. The van der Waals surface area contributed by atoms with Crippen LogP contribution in [0.15, 0.2) is 21.8 Å². The maximum absolute atomic E-state index is 4.46. The first-order valence-corrected chi connectivity index (χ1v) is 6.97. The molecular weight excluding hydrogens is 254 g/mol. The molecular formula is C10H13N5S2. The van der Waals surface area contributed by atoms with E-state index in [4.69, 9.17) is 0 Å². The van der Waals surface area contributed by atoms with Gasteiger partial charge >= 0.3 is 0 Å². The van der Waals surface area contributed by atoms with Gasteiger partial charge in [-0.3, -0.25) is 0 Å². The third-order valence-corrected chi connectivity index (χ3v) is 3.59. The molecule has 5 nitrogen and oxygen atoms in total. The maximum Gasteiger partial charge on any atom is 0.175 e. The predicted molar refractivity (Wildman–Crippen MR) is 69.6 cm³/mol. The van der Waals surface area contributed by atoms with Crippen molar-refractivity contribution in [3.05, 3.63) is 18.2 Å². The number of nitrogens with one attached hydrogen (secondary N) is 1.